The van der Waals surface area contributed by atoms with Crippen LogP contribution >= 0.6 is 0 Å². The maximum atomic E-state index is 13.0. The topological polar surface area (TPSA) is 98.3 Å². The molecule has 6 nitrogen and oxygen atoms in total. The van der Waals surface area contributed by atoms with E-state index in [1.54, 1.807) is 0 Å². The van der Waals surface area contributed by atoms with Gasteiger partial charge in [0.15, 0.2) is 0 Å². The molecule has 0 saturated carbocycles. The van der Waals surface area contributed by atoms with Gasteiger partial charge in [0.1, 0.15) is 0 Å². The number of nitrogens with zero attached hydrogens (tertiary/aromatic N) is 1. The van der Waals surface area contributed by atoms with Crippen molar-refractivity contribution in [3.05, 3.63) is 34.1 Å². The van der Waals surface area contributed by atoms with Crippen molar-refractivity contribution in [2.24, 2.45) is 5.73 Å². The average Bonchev–Trinajstić information content (AvgIpc) is 2.17. The Hall–Kier alpha value is -2.02. The molecule has 1 aromatic rings. The van der Waals surface area contributed by atoms with Gasteiger partial charge in [-0.05, 0) is 6.07 Å². The number of carbonyl (C=O) groups is 1. The number of nitrogens with two attached hydrogens (primary N) is 1. The minimum absolute atomic E-state index is 0.133. The zero-order chi connectivity index (χ0) is 11.4. The van der Waals surface area contributed by atoms with Gasteiger partial charge in [0.25, 0.3) is 0 Å². The first-order valence-electron chi connectivity index (χ1n) is 3.98. The predicted molar refractivity (Wildman–Crippen MR) is 50.7 cm³/mol. The van der Waals surface area contributed by atoms with E-state index in [-0.39, 0.29) is 12.2 Å². The third-order valence-electron chi connectivity index (χ3n) is 1.61. The lowest BCUT2D eigenvalue weighted by molar-refractivity contribution is -0.387. The van der Waals surface area contributed by atoms with Crippen molar-refractivity contribution in [2.75, 3.05) is 11.9 Å². The van der Waals surface area contributed by atoms with E-state index in [4.69, 9.17) is 5.73 Å². The Morgan fingerprint density at radius 3 is 2.73 bits per heavy atom. The second-order valence-corrected chi connectivity index (χ2v) is 2.68. The zero-order valence-electron chi connectivity index (χ0n) is 7.57. The van der Waals surface area contributed by atoms with Crippen LogP contribution in [-0.4, -0.2) is 17.4 Å². The SMILES string of the molecule is NCC(=O)Nc1ccc([N+](=O)[O-])c(F)c1. The number of halogens is 1. The van der Waals surface area contributed by atoms with Gasteiger partial charge >= 0.3 is 5.69 Å². The molecule has 15 heavy (non-hydrogen) atoms. The number of hydrogen-bond acceptors (Lipinski definition) is 4. The molecule has 0 spiro atoms. The second kappa shape index (κ2) is 4.47. The summed E-state index contributed by atoms with van der Waals surface area (Å²) in [5.74, 6) is -1.50. The van der Waals surface area contributed by atoms with Crippen LogP contribution in [0.1, 0.15) is 0 Å². The van der Waals surface area contributed by atoms with Gasteiger partial charge in [-0.2, -0.15) is 4.39 Å². The number of rotatable bonds is 3. The number of anilines is 1. The molecule has 0 saturated heterocycles. The zero-order valence-corrected chi connectivity index (χ0v) is 7.57. The molecule has 1 amide bonds. The van der Waals surface area contributed by atoms with Crippen molar-refractivity contribution in [1.29, 1.82) is 0 Å². The van der Waals surface area contributed by atoms with Crippen molar-refractivity contribution >= 4 is 17.3 Å². The van der Waals surface area contributed by atoms with Crippen LogP contribution in [0, 0.1) is 15.9 Å². The molecule has 0 unspecified atom stereocenters. The lowest BCUT2D eigenvalue weighted by Gasteiger charge is -2.02. The lowest BCUT2D eigenvalue weighted by atomic mass is 10.2. The summed E-state index contributed by atoms with van der Waals surface area (Å²) in [6, 6.07) is 3.07. The molecular weight excluding hydrogens is 205 g/mol. The first kappa shape index (κ1) is 11.1. The third kappa shape index (κ3) is 2.71. The molecule has 1 rings (SSSR count). The quantitative estimate of drug-likeness (QED) is 0.568. The number of benzene rings is 1. The predicted octanol–water partition coefficient (Wildman–Crippen LogP) is 0.631. The summed E-state index contributed by atoms with van der Waals surface area (Å²) < 4.78 is 13.0. The Morgan fingerprint density at radius 2 is 2.27 bits per heavy atom. The second-order valence-electron chi connectivity index (χ2n) is 2.68. The fourth-order valence-corrected chi connectivity index (χ4v) is 0.945. The van der Waals surface area contributed by atoms with E-state index < -0.39 is 22.3 Å². The van der Waals surface area contributed by atoms with Crippen LogP contribution < -0.4 is 11.1 Å². The largest absolute Gasteiger partial charge is 0.325 e. The van der Waals surface area contributed by atoms with Crippen molar-refractivity contribution in [2.45, 2.75) is 0 Å². The molecular formula is C8H8FN3O3. The highest BCUT2D eigenvalue weighted by atomic mass is 19.1. The van der Waals surface area contributed by atoms with Gasteiger partial charge in [0, 0.05) is 17.8 Å². The number of nitro groups is 1. The smallest absolute Gasteiger partial charge is 0.304 e. The molecule has 0 aromatic heterocycles. The summed E-state index contributed by atoms with van der Waals surface area (Å²) in [5, 5.41) is 12.5. The Labute approximate surface area is 84.0 Å². The van der Waals surface area contributed by atoms with Crippen LogP contribution in [0.5, 0.6) is 0 Å². The van der Waals surface area contributed by atoms with Gasteiger partial charge in [-0.15, -0.1) is 0 Å². The molecule has 3 N–H and O–H groups in total. The van der Waals surface area contributed by atoms with Crippen LogP contribution in [0.4, 0.5) is 15.8 Å². The van der Waals surface area contributed by atoms with E-state index in [9.17, 15) is 19.3 Å². The van der Waals surface area contributed by atoms with Crippen molar-refractivity contribution in [1.82, 2.24) is 0 Å². The molecule has 0 atom stereocenters. The fourth-order valence-electron chi connectivity index (χ4n) is 0.945. The highest BCUT2D eigenvalue weighted by Crippen LogP contribution is 2.20. The summed E-state index contributed by atoms with van der Waals surface area (Å²) in [5.41, 5.74) is 4.52. The molecule has 0 radical (unpaired) electrons. The van der Waals surface area contributed by atoms with Crippen molar-refractivity contribution in [3.63, 3.8) is 0 Å². The van der Waals surface area contributed by atoms with E-state index in [1.807, 2.05) is 0 Å². The standard InChI is InChI=1S/C8H8FN3O3/c9-6-3-5(11-8(13)4-10)1-2-7(6)12(14)15/h1-3H,4,10H2,(H,11,13). The van der Waals surface area contributed by atoms with Gasteiger partial charge in [0.05, 0.1) is 11.5 Å². The van der Waals surface area contributed by atoms with Crippen LogP contribution in [0.3, 0.4) is 0 Å². The first-order chi connectivity index (χ1) is 7.04. The monoisotopic (exact) mass is 213 g/mol. The number of nitro benzene ring substituents is 1. The molecule has 0 fully saturated rings. The van der Waals surface area contributed by atoms with Gasteiger partial charge < -0.3 is 11.1 Å². The van der Waals surface area contributed by atoms with E-state index in [0.29, 0.717) is 0 Å². The van der Waals surface area contributed by atoms with Crippen LogP contribution in [0.25, 0.3) is 0 Å². The number of nitrogens with one attached hydrogen (secondary N) is 1. The molecule has 7 heteroatoms. The number of amides is 1. The van der Waals surface area contributed by atoms with Crippen molar-refractivity contribution < 1.29 is 14.1 Å². The minimum atomic E-state index is -1.00. The average molecular weight is 213 g/mol. The maximum absolute atomic E-state index is 13.0. The van der Waals surface area contributed by atoms with Crippen molar-refractivity contribution in [3.8, 4) is 0 Å². The van der Waals surface area contributed by atoms with Crippen LogP contribution in [0.2, 0.25) is 0 Å². The molecule has 1 aromatic carbocycles. The molecule has 0 aliphatic carbocycles. The first-order valence-corrected chi connectivity index (χ1v) is 3.98. The molecule has 0 aliphatic rings. The fraction of sp³-hybridized carbons (Fsp3) is 0.125. The van der Waals surface area contributed by atoms with Gasteiger partial charge in [-0.3, -0.25) is 14.9 Å². The van der Waals surface area contributed by atoms with Gasteiger partial charge in [0.2, 0.25) is 11.7 Å². The Bertz CT molecular complexity index is 408. The van der Waals surface area contributed by atoms with Crippen LogP contribution in [-0.2, 0) is 4.79 Å². The number of carbonyl (C=O) groups excluding carboxylic acids is 1. The minimum Gasteiger partial charge on any atom is -0.325 e. The highest BCUT2D eigenvalue weighted by molar-refractivity contribution is 5.92. The summed E-state index contributed by atoms with van der Waals surface area (Å²) in [6.07, 6.45) is 0. The maximum Gasteiger partial charge on any atom is 0.304 e. The summed E-state index contributed by atoms with van der Waals surface area (Å²) in [4.78, 5) is 20.2. The lowest BCUT2D eigenvalue weighted by Crippen LogP contribution is -2.21. The van der Waals surface area contributed by atoms with Gasteiger partial charge in [-0.25, -0.2) is 0 Å². The van der Waals surface area contributed by atoms with E-state index in [2.05, 4.69) is 5.32 Å². The molecule has 80 valence electrons. The normalized spacial score (nSPS) is 9.73. The van der Waals surface area contributed by atoms with Crippen LogP contribution in [0.15, 0.2) is 18.2 Å². The Kier molecular flexibility index (Phi) is 3.29. The van der Waals surface area contributed by atoms with Gasteiger partial charge in [-0.1, -0.05) is 0 Å². The number of hydrogen-bond donors (Lipinski definition) is 2. The van der Waals surface area contributed by atoms with E-state index >= 15 is 0 Å². The van der Waals surface area contributed by atoms with E-state index in [0.717, 1.165) is 12.1 Å². The van der Waals surface area contributed by atoms with E-state index in [1.165, 1.54) is 6.07 Å². The summed E-state index contributed by atoms with van der Waals surface area (Å²) in [7, 11) is 0. The summed E-state index contributed by atoms with van der Waals surface area (Å²) in [6.45, 7) is -0.237. The highest BCUT2D eigenvalue weighted by Gasteiger charge is 2.14. The Balaban J connectivity index is 2.91. The summed E-state index contributed by atoms with van der Waals surface area (Å²) >= 11 is 0. The molecule has 0 aliphatic heterocycles. The molecule has 0 bridgehead atoms. The Morgan fingerprint density at radius 1 is 1.60 bits per heavy atom. The molecule has 0 heterocycles. The third-order valence-corrected chi connectivity index (χ3v) is 1.61.